The van der Waals surface area contributed by atoms with E-state index in [0.717, 1.165) is 24.8 Å². The fraction of sp³-hybridized carbons (Fsp3) is 0.600. The summed E-state index contributed by atoms with van der Waals surface area (Å²) < 4.78 is 11.2. The number of unbranched alkanes of at least 4 members (excludes halogenated alkanes) is 5. The van der Waals surface area contributed by atoms with Crippen molar-refractivity contribution >= 4 is 11.9 Å². The summed E-state index contributed by atoms with van der Waals surface area (Å²) in [5.41, 5.74) is 0.974. The number of rotatable bonds is 11. The molecule has 0 N–H and O–H groups in total. The first-order valence-electron chi connectivity index (χ1n) is 11.4. The van der Waals surface area contributed by atoms with Gasteiger partial charge >= 0.3 is 6.09 Å². The van der Waals surface area contributed by atoms with Crippen molar-refractivity contribution in [1.82, 2.24) is 4.90 Å². The van der Waals surface area contributed by atoms with Crippen molar-refractivity contribution in [3.63, 3.8) is 0 Å². The minimum Gasteiger partial charge on any atom is -0.445 e. The van der Waals surface area contributed by atoms with Crippen LogP contribution in [0, 0.1) is 5.92 Å². The summed E-state index contributed by atoms with van der Waals surface area (Å²) in [6.45, 7) is 5.00. The van der Waals surface area contributed by atoms with E-state index in [-0.39, 0.29) is 30.7 Å². The molecule has 0 aromatic heterocycles. The summed E-state index contributed by atoms with van der Waals surface area (Å²) in [6, 6.07) is 9.58. The van der Waals surface area contributed by atoms with E-state index in [1.54, 1.807) is 0 Å². The molecule has 1 aromatic carbocycles. The lowest BCUT2D eigenvalue weighted by Crippen LogP contribution is -2.59. The van der Waals surface area contributed by atoms with Gasteiger partial charge in [0.05, 0.1) is 25.3 Å². The normalized spacial score (nSPS) is 23.1. The van der Waals surface area contributed by atoms with E-state index in [4.69, 9.17) is 9.47 Å². The van der Waals surface area contributed by atoms with Crippen LogP contribution in [0.2, 0.25) is 0 Å². The number of Topliss-reactive ketones (excluding diaryl/α,β-unsaturated/α-hetero) is 1. The number of hydrogen-bond acceptors (Lipinski definition) is 4. The van der Waals surface area contributed by atoms with Crippen molar-refractivity contribution in [2.45, 2.75) is 76.5 Å². The molecule has 2 bridgehead atoms. The van der Waals surface area contributed by atoms with E-state index in [1.165, 1.54) is 19.3 Å². The van der Waals surface area contributed by atoms with Gasteiger partial charge in [-0.3, -0.25) is 9.69 Å². The minimum absolute atomic E-state index is 0.0443. The van der Waals surface area contributed by atoms with Gasteiger partial charge in [-0.25, -0.2) is 4.79 Å². The van der Waals surface area contributed by atoms with Gasteiger partial charge in [0, 0.05) is 12.3 Å². The molecule has 2 fully saturated rings. The Morgan fingerprint density at radius 3 is 2.40 bits per heavy atom. The van der Waals surface area contributed by atoms with Crippen molar-refractivity contribution in [2.75, 3.05) is 13.2 Å². The molecular formula is C25H35NO4. The van der Waals surface area contributed by atoms with Gasteiger partial charge in [0.1, 0.15) is 12.4 Å². The fourth-order valence-electron chi connectivity index (χ4n) is 4.59. The maximum Gasteiger partial charge on any atom is 0.410 e. The number of carbonyl (C=O) groups is 2. The standard InChI is InChI=1S/C25H35NO4/c1-2-3-4-5-6-7-11-14-24(27)21-15-22-18-29-19-23(16-21)26(22)25(28)30-17-20-12-9-8-10-13-20/h2,8-10,12-13,21-23H,1,3-7,11,14-19H2. The van der Waals surface area contributed by atoms with Gasteiger partial charge in [-0.05, 0) is 37.7 Å². The fourth-order valence-corrected chi connectivity index (χ4v) is 4.59. The van der Waals surface area contributed by atoms with Crippen LogP contribution in [0.25, 0.3) is 0 Å². The van der Waals surface area contributed by atoms with Gasteiger partial charge in [-0.15, -0.1) is 6.58 Å². The molecule has 5 heteroatoms. The number of ether oxygens (including phenoxy) is 2. The van der Waals surface area contributed by atoms with Crippen molar-refractivity contribution in [3.05, 3.63) is 48.6 Å². The van der Waals surface area contributed by atoms with Gasteiger partial charge in [-0.1, -0.05) is 55.7 Å². The lowest BCUT2D eigenvalue weighted by Gasteiger charge is -2.47. The van der Waals surface area contributed by atoms with Crippen molar-refractivity contribution < 1.29 is 19.1 Å². The maximum atomic E-state index is 12.8. The van der Waals surface area contributed by atoms with Gasteiger partial charge in [0.15, 0.2) is 0 Å². The Morgan fingerprint density at radius 1 is 1.03 bits per heavy atom. The average Bonchev–Trinajstić information content (AvgIpc) is 2.76. The summed E-state index contributed by atoms with van der Waals surface area (Å²) in [7, 11) is 0. The van der Waals surface area contributed by atoms with Crippen LogP contribution < -0.4 is 0 Å². The molecule has 1 amide bonds. The van der Waals surface area contributed by atoms with Gasteiger partial charge in [-0.2, -0.15) is 0 Å². The molecule has 2 aliphatic heterocycles. The highest BCUT2D eigenvalue weighted by molar-refractivity contribution is 5.81. The number of amides is 1. The summed E-state index contributed by atoms with van der Waals surface area (Å²) in [6.07, 6.45) is 10.5. The van der Waals surface area contributed by atoms with Crippen molar-refractivity contribution in [1.29, 1.82) is 0 Å². The van der Waals surface area contributed by atoms with Gasteiger partial charge in [0.25, 0.3) is 0 Å². The zero-order chi connectivity index (χ0) is 21.2. The van der Waals surface area contributed by atoms with E-state index in [1.807, 2.05) is 41.3 Å². The van der Waals surface area contributed by atoms with Crippen molar-refractivity contribution in [3.8, 4) is 0 Å². The second-order valence-corrected chi connectivity index (χ2v) is 8.52. The number of allylic oxidation sites excluding steroid dienone is 1. The Labute approximate surface area is 180 Å². The molecule has 164 valence electrons. The molecule has 0 saturated carbocycles. The topological polar surface area (TPSA) is 55.8 Å². The predicted octanol–water partition coefficient (Wildman–Crippen LogP) is 5.29. The third-order valence-corrected chi connectivity index (χ3v) is 6.22. The molecule has 2 atom stereocenters. The molecule has 2 saturated heterocycles. The van der Waals surface area contributed by atoms with Crippen LogP contribution in [0.1, 0.15) is 63.4 Å². The Bertz CT molecular complexity index is 676. The van der Waals surface area contributed by atoms with Crippen LogP contribution in [0.3, 0.4) is 0 Å². The van der Waals surface area contributed by atoms with Crippen LogP contribution in [-0.4, -0.2) is 42.1 Å². The number of hydrogen-bond donors (Lipinski definition) is 0. The summed E-state index contributed by atoms with van der Waals surface area (Å²) in [5, 5.41) is 0. The zero-order valence-corrected chi connectivity index (χ0v) is 18.0. The predicted molar refractivity (Wildman–Crippen MR) is 117 cm³/mol. The van der Waals surface area contributed by atoms with Crippen molar-refractivity contribution in [2.24, 2.45) is 5.92 Å². The highest BCUT2D eigenvalue weighted by Gasteiger charge is 2.44. The van der Waals surface area contributed by atoms with Crippen LogP contribution in [0.4, 0.5) is 4.79 Å². The van der Waals surface area contributed by atoms with E-state index in [2.05, 4.69) is 6.58 Å². The van der Waals surface area contributed by atoms with Crippen LogP contribution in [0.15, 0.2) is 43.0 Å². The molecular weight excluding hydrogens is 378 g/mol. The number of nitrogens with zero attached hydrogens (tertiary/aromatic N) is 1. The third-order valence-electron chi connectivity index (χ3n) is 6.22. The number of piperidine rings is 1. The van der Waals surface area contributed by atoms with Gasteiger partial charge < -0.3 is 9.47 Å². The second kappa shape index (κ2) is 11.9. The molecule has 5 nitrogen and oxygen atoms in total. The van der Waals surface area contributed by atoms with Gasteiger partial charge in [0.2, 0.25) is 0 Å². The van der Waals surface area contributed by atoms with E-state index in [0.29, 0.717) is 38.3 Å². The molecule has 0 spiro atoms. The first-order valence-corrected chi connectivity index (χ1v) is 11.4. The lowest BCUT2D eigenvalue weighted by atomic mass is 9.81. The largest absolute Gasteiger partial charge is 0.445 e. The molecule has 3 rings (SSSR count). The van der Waals surface area contributed by atoms with Crippen LogP contribution in [-0.2, 0) is 20.9 Å². The monoisotopic (exact) mass is 413 g/mol. The number of ketones is 1. The summed E-state index contributed by atoms with van der Waals surface area (Å²) >= 11 is 0. The van der Waals surface area contributed by atoms with E-state index in [9.17, 15) is 9.59 Å². The molecule has 0 aliphatic carbocycles. The molecule has 1 aromatic rings. The molecule has 2 heterocycles. The molecule has 0 radical (unpaired) electrons. The summed E-state index contributed by atoms with van der Waals surface area (Å²) in [5.74, 6) is 0.401. The van der Waals surface area contributed by atoms with Crippen LogP contribution in [0.5, 0.6) is 0 Å². The molecule has 2 aliphatic rings. The highest BCUT2D eigenvalue weighted by atomic mass is 16.6. The maximum absolute atomic E-state index is 12.8. The Kier molecular flexibility index (Phi) is 8.94. The number of carbonyl (C=O) groups excluding carboxylic acids is 2. The molecule has 30 heavy (non-hydrogen) atoms. The quantitative estimate of drug-likeness (QED) is 0.365. The first kappa shape index (κ1) is 22.5. The minimum atomic E-state index is -0.289. The van der Waals surface area contributed by atoms with E-state index < -0.39 is 0 Å². The number of benzene rings is 1. The SMILES string of the molecule is C=CCCCCCCCC(=O)C1CC2COCC(C1)N2C(=O)OCc1ccccc1. The summed E-state index contributed by atoms with van der Waals surface area (Å²) in [4.78, 5) is 27.3. The van der Waals surface area contributed by atoms with E-state index >= 15 is 0 Å². The average molecular weight is 414 g/mol. The Morgan fingerprint density at radius 2 is 1.70 bits per heavy atom. The number of morpholine rings is 1. The first-order chi connectivity index (χ1) is 14.7. The third kappa shape index (κ3) is 6.43. The smallest absolute Gasteiger partial charge is 0.410 e. The Hall–Kier alpha value is -2.14. The molecule has 2 unspecified atom stereocenters. The highest BCUT2D eigenvalue weighted by Crippen LogP contribution is 2.33. The lowest BCUT2D eigenvalue weighted by molar-refractivity contribution is -0.131. The number of fused-ring (bicyclic) bond motifs is 2. The Balaban J connectivity index is 1.43. The van der Waals surface area contributed by atoms with Crippen LogP contribution >= 0.6 is 0 Å². The zero-order valence-electron chi connectivity index (χ0n) is 18.0. The second-order valence-electron chi connectivity index (χ2n) is 8.52.